The van der Waals surface area contributed by atoms with Gasteiger partial charge in [-0.05, 0) is 38.4 Å². The van der Waals surface area contributed by atoms with E-state index in [-0.39, 0.29) is 0 Å². The van der Waals surface area contributed by atoms with E-state index in [4.69, 9.17) is 11.1 Å². The van der Waals surface area contributed by atoms with E-state index in [9.17, 15) is 8.42 Å². The molecule has 0 aliphatic rings. The highest BCUT2D eigenvalue weighted by Crippen LogP contribution is 2.14. The summed E-state index contributed by atoms with van der Waals surface area (Å²) in [5, 5.41) is 2.03. The van der Waals surface area contributed by atoms with Gasteiger partial charge in [-0.2, -0.15) is 0 Å². The minimum atomic E-state index is -4.27. The van der Waals surface area contributed by atoms with Crippen LogP contribution in [0.2, 0.25) is 0 Å². The van der Waals surface area contributed by atoms with Crippen molar-refractivity contribution in [1.29, 1.82) is 0 Å². The molecule has 0 atom stereocenters. The molecule has 0 bridgehead atoms. The number of hydrogen-bond acceptors (Lipinski definition) is 3. The standard InChI is InChI=1S/C4H3BrS.N6O2S/c5-4-2-1-3-6-4;1-3-5-9(7,8)6-4-2/h1-3H;. The Bertz CT molecular complexity index is 459. The van der Waals surface area contributed by atoms with Gasteiger partial charge in [-0.3, -0.25) is 0 Å². The van der Waals surface area contributed by atoms with Gasteiger partial charge in [-0.15, -0.1) is 11.3 Å². The van der Waals surface area contributed by atoms with Crippen LogP contribution in [-0.4, -0.2) is 8.42 Å². The van der Waals surface area contributed by atoms with E-state index in [0.717, 1.165) is 0 Å². The van der Waals surface area contributed by atoms with Crippen LogP contribution in [0.4, 0.5) is 0 Å². The van der Waals surface area contributed by atoms with Crippen molar-refractivity contribution in [2.24, 2.45) is 9.04 Å². The normalized spacial score (nSPS) is 8.87. The first-order valence-electron chi connectivity index (χ1n) is 3.08. The van der Waals surface area contributed by atoms with Crippen LogP contribution in [0.3, 0.4) is 0 Å². The smallest absolute Gasteiger partial charge is 0.213 e. The first-order valence-corrected chi connectivity index (χ1v) is 6.15. The fourth-order valence-corrected chi connectivity index (χ4v) is 1.50. The Morgan fingerprint density at radius 3 is 2.07 bits per heavy atom. The molecule has 0 spiro atoms. The lowest BCUT2D eigenvalue weighted by atomic mass is 10.7. The van der Waals surface area contributed by atoms with Gasteiger partial charge in [-0.25, -0.2) is 8.42 Å². The molecule has 0 N–H and O–H groups in total. The highest BCUT2D eigenvalue weighted by atomic mass is 79.9. The van der Waals surface area contributed by atoms with Gasteiger partial charge in [0.1, 0.15) is 0 Å². The predicted molar refractivity (Wildman–Crippen MR) is 59.2 cm³/mol. The summed E-state index contributed by atoms with van der Waals surface area (Å²) in [7, 11) is -4.27. The van der Waals surface area contributed by atoms with Gasteiger partial charge in [0, 0.05) is 18.9 Å². The number of nitrogens with zero attached hydrogens (tertiary/aromatic N) is 6. The summed E-state index contributed by atoms with van der Waals surface area (Å²) in [6, 6.07) is 4.03. The summed E-state index contributed by atoms with van der Waals surface area (Å²) in [5.74, 6) is 0. The minimum Gasteiger partial charge on any atom is -0.213 e. The molecule has 11 heteroatoms. The molecule has 1 aromatic heterocycles. The van der Waals surface area contributed by atoms with Crippen LogP contribution in [0, 0.1) is 0 Å². The largest absolute Gasteiger partial charge is 0.321 e. The Morgan fingerprint density at radius 2 is 1.87 bits per heavy atom. The van der Waals surface area contributed by atoms with Gasteiger partial charge in [-0.1, -0.05) is 6.07 Å². The molecule has 0 aromatic carbocycles. The monoisotopic (exact) mass is 310 g/mol. The second-order valence-electron chi connectivity index (χ2n) is 1.71. The molecule has 8 nitrogen and oxygen atoms in total. The van der Waals surface area contributed by atoms with Crippen molar-refractivity contribution in [3.8, 4) is 0 Å². The molecule has 1 heterocycles. The van der Waals surface area contributed by atoms with E-state index in [0.29, 0.717) is 0 Å². The molecule has 1 rings (SSSR count). The van der Waals surface area contributed by atoms with Crippen LogP contribution < -0.4 is 0 Å². The Balaban J connectivity index is 0.000000280. The molecule has 15 heavy (non-hydrogen) atoms. The van der Waals surface area contributed by atoms with Crippen LogP contribution in [0.1, 0.15) is 0 Å². The Hall–Kier alpha value is -1.25. The third-order valence-electron chi connectivity index (χ3n) is 0.766. The molecule has 0 unspecified atom stereocenters. The zero-order valence-corrected chi connectivity index (χ0v) is 10.1. The van der Waals surface area contributed by atoms with E-state index in [1.807, 2.05) is 27.3 Å². The number of rotatable bonds is 2. The maximum Gasteiger partial charge on any atom is 0.321 e. The molecule has 80 valence electrons. The van der Waals surface area contributed by atoms with E-state index in [1.165, 1.54) is 3.79 Å². The van der Waals surface area contributed by atoms with Crippen molar-refractivity contribution in [3.63, 3.8) is 0 Å². The maximum absolute atomic E-state index is 9.99. The van der Waals surface area contributed by atoms with Crippen molar-refractivity contribution < 1.29 is 8.42 Å². The topological polar surface area (TPSA) is 132 Å². The van der Waals surface area contributed by atoms with Crippen molar-refractivity contribution in [3.05, 3.63) is 42.2 Å². The van der Waals surface area contributed by atoms with Crippen LogP contribution in [-0.2, 0) is 10.2 Å². The van der Waals surface area contributed by atoms with Crippen molar-refractivity contribution in [2.75, 3.05) is 0 Å². The molecule has 0 saturated heterocycles. The van der Waals surface area contributed by atoms with Crippen molar-refractivity contribution in [1.82, 2.24) is 0 Å². The minimum absolute atomic E-state index is 1.20. The molecule has 0 fully saturated rings. The lowest BCUT2D eigenvalue weighted by Gasteiger charge is -1.73. The second kappa shape index (κ2) is 7.10. The average molecular weight is 311 g/mol. The fourth-order valence-electron chi connectivity index (χ4n) is 0.367. The van der Waals surface area contributed by atoms with Gasteiger partial charge in [0.25, 0.3) is 0 Å². The number of hydrogen-bond donors (Lipinski definition) is 0. The number of thiophene rings is 1. The Morgan fingerprint density at radius 1 is 1.33 bits per heavy atom. The van der Waals surface area contributed by atoms with Crippen LogP contribution in [0.5, 0.6) is 0 Å². The molecule has 0 aliphatic heterocycles. The van der Waals surface area contributed by atoms with Gasteiger partial charge in [0.2, 0.25) is 0 Å². The molecule has 1 aromatic rings. The van der Waals surface area contributed by atoms with Crippen LogP contribution in [0.15, 0.2) is 30.3 Å². The highest BCUT2D eigenvalue weighted by Gasteiger charge is 1.99. The van der Waals surface area contributed by atoms with Gasteiger partial charge in [0.05, 0.1) is 3.79 Å². The molecule has 0 saturated carbocycles. The zero-order valence-electron chi connectivity index (χ0n) is 6.93. The quantitative estimate of drug-likeness (QED) is 0.470. The molecule has 0 amide bonds. The zero-order chi connectivity index (χ0) is 11.7. The van der Waals surface area contributed by atoms with E-state index in [1.54, 1.807) is 11.3 Å². The van der Waals surface area contributed by atoms with E-state index >= 15 is 0 Å². The lowest BCUT2D eigenvalue weighted by Crippen LogP contribution is -1.82. The Labute approximate surface area is 97.1 Å². The first kappa shape index (κ1) is 13.8. The van der Waals surface area contributed by atoms with Gasteiger partial charge < -0.3 is 0 Å². The molecular weight excluding hydrogens is 308 g/mol. The summed E-state index contributed by atoms with van der Waals surface area (Å²) in [4.78, 5) is 3.80. The van der Waals surface area contributed by atoms with Gasteiger partial charge in [0.15, 0.2) is 0 Å². The average Bonchev–Trinajstić information content (AvgIpc) is 2.56. The SMILES string of the molecule is Brc1cccs1.[N-]=[N+]=NS(=O)(=O)N=[N+]=[N-]. The lowest BCUT2D eigenvalue weighted by molar-refractivity contribution is 0.599. The summed E-state index contributed by atoms with van der Waals surface area (Å²) in [5.41, 5.74) is 15.0. The van der Waals surface area contributed by atoms with Crippen LogP contribution >= 0.6 is 27.3 Å². The number of halogens is 1. The fraction of sp³-hybridized carbons (Fsp3) is 0. The van der Waals surface area contributed by atoms with Crippen molar-refractivity contribution in [2.45, 2.75) is 0 Å². The Kier molecular flexibility index (Phi) is 6.50. The van der Waals surface area contributed by atoms with Crippen molar-refractivity contribution >= 4 is 37.5 Å². The molecule has 0 aliphatic carbocycles. The predicted octanol–water partition coefficient (Wildman–Crippen LogP) is 3.36. The van der Waals surface area contributed by atoms with Gasteiger partial charge >= 0.3 is 10.2 Å². The molecule has 0 radical (unpaired) electrons. The third kappa shape index (κ3) is 7.79. The highest BCUT2D eigenvalue weighted by molar-refractivity contribution is 9.11. The summed E-state index contributed by atoms with van der Waals surface area (Å²) in [6.45, 7) is 0. The summed E-state index contributed by atoms with van der Waals surface area (Å²) >= 11 is 4.99. The third-order valence-corrected chi connectivity index (χ3v) is 2.80. The summed E-state index contributed by atoms with van der Waals surface area (Å²) in [6.07, 6.45) is 0. The van der Waals surface area contributed by atoms with Crippen LogP contribution in [0.25, 0.3) is 20.9 Å². The van der Waals surface area contributed by atoms with E-state index in [2.05, 4.69) is 25.0 Å². The second-order valence-corrected chi connectivity index (χ2v) is 5.26. The van der Waals surface area contributed by atoms with E-state index < -0.39 is 10.2 Å². The maximum atomic E-state index is 9.99. The summed E-state index contributed by atoms with van der Waals surface area (Å²) < 4.78 is 25.5. The first-order chi connectivity index (χ1) is 7.02. The number of azide groups is 1. The molecular formula is C4H3BrN6O2S2.